The second-order valence-corrected chi connectivity index (χ2v) is 6.80. The number of hydrogen-bond acceptors (Lipinski definition) is 5. The van der Waals surface area contributed by atoms with E-state index in [1.165, 1.54) is 16.3 Å². The molecular weight excluding hydrogens is 340 g/mol. The quantitative estimate of drug-likeness (QED) is 0.823. The fourth-order valence-corrected chi connectivity index (χ4v) is 4.07. The zero-order chi connectivity index (χ0) is 17.4. The van der Waals surface area contributed by atoms with Gasteiger partial charge in [-0.15, -0.1) is 0 Å². The average molecular weight is 356 g/mol. The van der Waals surface area contributed by atoms with Crippen LogP contribution in [0, 0.1) is 0 Å². The Morgan fingerprint density at radius 1 is 1.36 bits per heavy atom. The number of aromatic nitrogens is 1. The Labute approximate surface area is 149 Å². The standard InChI is InChI=1S/C18H16N2O4S/c1-23-17-12(3-2-7-19-17)11-4-5-15-13(9-11)14-10-20(18(21)22)25-16(14)6-8-24-15/h2-5,7,9H,6,8,10H2,1H3,(H,21,22). The van der Waals surface area contributed by atoms with Crippen LogP contribution in [0.3, 0.4) is 0 Å². The van der Waals surface area contributed by atoms with E-state index in [0.29, 0.717) is 25.5 Å². The normalized spacial score (nSPS) is 16.0. The lowest BCUT2D eigenvalue weighted by molar-refractivity contribution is 0.179. The van der Waals surface area contributed by atoms with Gasteiger partial charge >= 0.3 is 6.09 Å². The van der Waals surface area contributed by atoms with E-state index in [0.717, 1.165) is 32.9 Å². The van der Waals surface area contributed by atoms with Gasteiger partial charge in [0, 0.05) is 28.6 Å². The van der Waals surface area contributed by atoms with Gasteiger partial charge in [-0.2, -0.15) is 0 Å². The molecule has 25 heavy (non-hydrogen) atoms. The summed E-state index contributed by atoms with van der Waals surface area (Å²) in [4.78, 5) is 16.6. The predicted molar refractivity (Wildman–Crippen MR) is 95.6 cm³/mol. The number of fused-ring (bicyclic) bond motifs is 2. The van der Waals surface area contributed by atoms with Crippen LogP contribution in [0.2, 0.25) is 0 Å². The van der Waals surface area contributed by atoms with Crippen LogP contribution in [-0.2, 0) is 0 Å². The van der Waals surface area contributed by atoms with E-state index in [4.69, 9.17) is 9.47 Å². The van der Waals surface area contributed by atoms with E-state index in [-0.39, 0.29) is 0 Å². The first-order valence-corrected chi connectivity index (χ1v) is 8.62. The number of benzene rings is 1. The molecule has 1 N–H and O–H groups in total. The molecule has 0 fully saturated rings. The Balaban J connectivity index is 1.80. The number of nitrogens with zero attached hydrogens (tertiary/aromatic N) is 2. The molecule has 0 spiro atoms. The maximum atomic E-state index is 11.3. The highest BCUT2D eigenvalue weighted by Gasteiger charge is 2.31. The molecule has 0 saturated heterocycles. The van der Waals surface area contributed by atoms with Crippen molar-refractivity contribution in [3.05, 3.63) is 47.0 Å². The summed E-state index contributed by atoms with van der Waals surface area (Å²) in [5, 5.41) is 9.30. The van der Waals surface area contributed by atoms with Gasteiger partial charge in [0.15, 0.2) is 0 Å². The van der Waals surface area contributed by atoms with E-state index in [1.807, 2.05) is 30.3 Å². The topological polar surface area (TPSA) is 71.9 Å². The van der Waals surface area contributed by atoms with E-state index in [9.17, 15) is 9.90 Å². The minimum atomic E-state index is -0.925. The summed E-state index contributed by atoms with van der Waals surface area (Å²) in [5.41, 5.74) is 3.80. The maximum absolute atomic E-state index is 11.3. The number of hydrogen-bond donors (Lipinski definition) is 1. The van der Waals surface area contributed by atoms with Gasteiger partial charge in [0.2, 0.25) is 5.88 Å². The summed E-state index contributed by atoms with van der Waals surface area (Å²) >= 11 is 1.29. The van der Waals surface area contributed by atoms with E-state index in [2.05, 4.69) is 4.98 Å². The Hall–Kier alpha value is -2.67. The predicted octanol–water partition coefficient (Wildman–Crippen LogP) is 3.89. The Morgan fingerprint density at radius 2 is 2.24 bits per heavy atom. The van der Waals surface area contributed by atoms with Gasteiger partial charge in [0.05, 0.1) is 20.3 Å². The summed E-state index contributed by atoms with van der Waals surface area (Å²) in [7, 11) is 1.59. The first kappa shape index (κ1) is 15.8. The van der Waals surface area contributed by atoms with Crippen molar-refractivity contribution in [1.29, 1.82) is 0 Å². The lowest BCUT2D eigenvalue weighted by Crippen LogP contribution is -2.20. The molecule has 3 heterocycles. The van der Waals surface area contributed by atoms with Crippen LogP contribution in [0.4, 0.5) is 4.79 Å². The monoisotopic (exact) mass is 356 g/mol. The van der Waals surface area contributed by atoms with Crippen molar-refractivity contribution in [2.45, 2.75) is 6.42 Å². The summed E-state index contributed by atoms with van der Waals surface area (Å²) in [6.07, 6.45) is 1.48. The van der Waals surface area contributed by atoms with Gasteiger partial charge in [0.1, 0.15) is 5.75 Å². The fourth-order valence-electron chi connectivity index (χ4n) is 3.08. The Bertz CT molecular complexity index is 881. The molecule has 2 aliphatic heterocycles. The van der Waals surface area contributed by atoms with Gasteiger partial charge in [-0.25, -0.2) is 14.1 Å². The van der Waals surface area contributed by atoms with Crippen LogP contribution in [0.25, 0.3) is 16.7 Å². The first-order valence-electron chi connectivity index (χ1n) is 7.84. The van der Waals surface area contributed by atoms with Gasteiger partial charge in [0.25, 0.3) is 0 Å². The molecule has 1 aromatic carbocycles. The molecule has 0 radical (unpaired) electrons. The third-order valence-electron chi connectivity index (χ3n) is 4.24. The van der Waals surface area contributed by atoms with E-state index < -0.39 is 6.09 Å². The van der Waals surface area contributed by atoms with Crippen LogP contribution in [0.5, 0.6) is 11.6 Å². The third-order valence-corrected chi connectivity index (χ3v) is 5.42. The van der Waals surface area contributed by atoms with Crippen LogP contribution in [0.15, 0.2) is 41.4 Å². The summed E-state index contributed by atoms with van der Waals surface area (Å²) in [6.45, 7) is 0.904. The van der Waals surface area contributed by atoms with Crippen molar-refractivity contribution >= 4 is 23.6 Å². The highest BCUT2D eigenvalue weighted by Crippen LogP contribution is 2.45. The molecule has 0 unspecified atom stereocenters. The molecule has 6 nitrogen and oxygen atoms in total. The zero-order valence-corrected chi connectivity index (χ0v) is 14.4. The van der Waals surface area contributed by atoms with Gasteiger partial charge in [-0.1, -0.05) is 6.07 Å². The maximum Gasteiger partial charge on any atom is 0.417 e. The van der Waals surface area contributed by atoms with Crippen LogP contribution in [-0.4, -0.2) is 40.8 Å². The highest BCUT2D eigenvalue weighted by molar-refractivity contribution is 8.01. The van der Waals surface area contributed by atoms with E-state index in [1.54, 1.807) is 13.3 Å². The van der Waals surface area contributed by atoms with Crippen LogP contribution >= 0.6 is 11.9 Å². The molecule has 128 valence electrons. The lowest BCUT2D eigenvalue weighted by atomic mass is 9.98. The molecule has 2 aliphatic rings. The third kappa shape index (κ3) is 2.80. The molecule has 0 aliphatic carbocycles. The number of carbonyl (C=O) groups is 1. The summed E-state index contributed by atoms with van der Waals surface area (Å²) < 4.78 is 12.6. The SMILES string of the molecule is COc1ncccc1-c1ccc2c(c1)C1=C(CCO2)SN(C(=O)O)C1. The highest BCUT2D eigenvalue weighted by atomic mass is 32.2. The number of amides is 1. The van der Waals surface area contributed by atoms with Crippen molar-refractivity contribution in [2.24, 2.45) is 0 Å². The first-order chi connectivity index (χ1) is 12.2. The molecular formula is C18H16N2O4S. The Morgan fingerprint density at radius 3 is 3.04 bits per heavy atom. The summed E-state index contributed by atoms with van der Waals surface area (Å²) in [6, 6.07) is 9.75. The second kappa shape index (κ2) is 6.33. The van der Waals surface area contributed by atoms with Crippen LogP contribution < -0.4 is 9.47 Å². The molecule has 2 aromatic rings. The number of carboxylic acid groups (broad SMARTS) is 1. The molecule has 0 saturated carbocycles. The number of methoxy groups -OCH3 is 1. The zero-order valence-electron chi connectivity index (χ0n) is 13.6. The number of rotatable bonds is 2. The molecule has 0 bridgehead atoms. The van der Waals surface area contributed by atoms with Crippen molar-refractivity contribution in [2.75, 3.05) is 20.3 Å². The minimum absolute atomic E-state index is 0.360. The molecule has 0 atom stereocenters. The largest absolute Gasteiger partial charge is 0.493 e. The lowest BCUT2D eigenvalue weighted by Gasteiger charge is -2.15. The van der Waals surface area contributed by atoms with Crippen molar-refractivity contribution in [1.82, 2.24) is 9.29 Å². The minimum Gasteiger partial charge on any atom is -0.493 e. The smallest absolute Gasteiger partial charge is 0.417 e. The number of pyridine rings is 1. The van der Waals surface area contributed by atoms with Crippen molar-refractivity contribution in [3.8, 4) is 22.8 Å². The average Bonchev–Trinajstić information content (AvgIpc) is 2.99. The fraction of sp³-hybridized carbons (Fsp3) is 0.222. The van der Waals surface area contributed by atoms with Crippen molar-refractivity contribution < 1.29 is 19.4 Å². The number of ether oxygens (including phenoxy) is 2. The van der Waals surface area contributed by atoms with Crippen LogP contribution in [0.1, 0.15) is 12.0 Å². The molecule has 1 amide bonds. The van der Waals surface area contributed by atoms with E-state index >= 15 is 0 Å². The summed E-state index contributed by atoms with van der Waals surface area (Å²) in [5.74, 6) is 1.34. The molecule has 7 heteroatoms. The Kier molecular flexibility index (Phi) is 4.01. The molecule has 4 rings (SSSR count). The van der Waals surface area contributed by atoms with Crippen molar-refractivity contribution in [3.63, 3.8) is 0 Å². The van der Waals surface area contributed by atoms with Gasteiger partial charge in [-0.05, 0) is 47.3 Å². The molecule has 1 aromatic heterocycles. The van der Waals surface area contributed by atoms with Gasteiger partial charge in [-0.3, -0.25) is 0 Å². The van der Waals surface area contributed by atoms with Gasteiger partial charge < -0.3 is 14.6 Å². The second-order valence-electron chi connectivity index (χ2n) is 5.68.